The lowest BCUT2D eigenvalue weighted by atomic mass is 10.1. The smallest absolute Gasteiger partial charge is 0.141 e. The summed E-state index contributed by atoms with van der Waals surface area (Å²) in [5.74, 6) is 1.16. The molecule has 0 radical (unpaired) electrons. The Bertz CT molecular complexity index is 515. The van der Waals surface area contributed by atoms with Gasteiger partial charge in [-0.3, -0.25) is 0 Å². The maximum atomic E-state index is 6.13. The van der Waals surface area contributed by atoms with E-state index >= 15 is 0 Å². The zero-order chi connectivity index (χ0) is 14.2. The van der Waals surface area contributed by atoms with Crippen LogP contribution in [0.3, 0.4) is 0 Å². The first-order chi connectivity index (χ1) is 9.86. The predicted molar refractivity (Wildman–Crippen MR) is 90.1 cm³/mol. The molecule has 1 aromatic heterocycles. The summed E-state index contributed by atoms with van der Waals surface area (Å²) in [5.41, 5.74) is 0. The maximum absolute atomic E-state index is 6.13. The Morgan fingerprint density at radius 2 is 1.70 bits per heavy atom. The number of hydrogen-bond donors (Lipinski definition) is 0. The van der Waals surface area contributed by atoms with E-state index in [4.69, 9.17) is 4.74 Å². The van der Waals surface area contributed by atoms with Crippen LogP contribution in [0.4, 0.5) is 0 Å². The van der Waals surface area contributed by atoms with Crippen molar-refractivity contribution in [3.8, 4) is 5.75 Å². The van der Waals surface area contributed by atoms with Gasteiger partial charge >= 0.3 is 0 Å². The average Bonchev–Trinajstić information content (AvgIpc) is 2.82. The highest BCUT2D eigenvalue weighted by Crippen LogP contribution is 2.38. The first-order valence-corrected chi connectivity index (χ1v) is 8.81. The van der Waals surface area contributed by atoms with Gasteiger partial charge in [0, 0.05) is 15.0 Å². The van der Waals surface area contributed by atoms with E-state index in [0.29, 0.717) is 0 Å². The minimum absolute atomic E-state index is 0.856. The van der Waals surface area contributed by atoms with Crippen molar-refractivity contribution in [1.29, 1.82) is 0 Å². The lowest BCUT2D eigenvalue weighted by Crippen LogP contribution is -1.98. The second-order valence-electron chi connectivity index (χ2n) is 5.36. The van der Waals surface area contributed by atoms with Gasteiger partial charge in [-0.1, -0.05) is 51.7 Å². The fourth-order valence-electron chi connectivity index (χ4n) is 2.46. The van der Waals surface area contributed by atoms with Gasteiger partial charge in [0.1, 0.15) is 5.75 Å². The quantitative estimate of drug-likeness (QED) is 0.499. The normalized spacial score (nSPS) is 11.1. The van der Waals surface area contributed by atoms with E-state index in [-0.39, 0.29) is 0 Å². The molecule has 1 heterocycles. The molecule has 0 saturated carbocycles. The summed E-state index contributed by atoms with van der Waals surface area (Å²) in [6, 6.07) is 8.64. The van der Waals surface area contributed by atoms with E-state index in [1.54, 1.807) is 0 Å². The molecule has 1 aromatic carbocycles. The predicted octanol–water partition coefficient (Wildman–Crippen LogP) is 6.20. The highest BCUT2D eigenvalue weighted by Gasteiger charge is 2.12. The summed E-state index contributed by atoms with van der Waals surface area (Å²) in [7, 11) is 0. The number of fused-ring (bicyclic) bond motifs is 1. The lowest BCUT2D eigenvalue weighted by Gasteiger charge is -2.08. The van der Waals surface area contributed by atoms with Crippen molar-refractivity contribution in [1.82, 2.24) is 0 Å². The van der Waals surface area contributed by atoms with Gasteiger partial charge in [-0.2, -0.15) is 0 Å². The van der Waals surface area contributed by atoms with Crippen LogP contribution in [0.15, 0.2) is 24.3 Å². The third kappa shape index (κ3) is 3.99. The summed E-state index contributed by atoms with van der Waals surface area (Å²) in [5, 5.41) is 1.31. The van der Waals surface area contributed by atoms with E-state index in [1.165, 1.54) is 47.1 Å². The molecule has 0 fully saturated rings. The van der Waals surface area contributed by atoms with Crippen LogP contribution in [0.1, 0.15) is 57.2 Å². The Hall–Kier alpha value is -1.02. The van der Waals surface area contributed by atoms with Crippen molar-refractivity contribution < 1.29 is 4.74 Å². The van der Waals surface area contributed by atoms with Crippen molar-refractivity contribution in [2.45, 2.75) is 58.8 Å². The molecule has 0 aliphatic carbocycles. The van der Waals surface area contributed by atoms with Crippen LogP contribution in [0.5, 0.6) is 5.75 Å². The van der Waals surface area contributed by atoms with Gasteiger partial charge in [0.25, 0.3) is 0 Å². The number of thiophene rings is 1. The van der Waals surface area contributed by atoms with Gasteiger partial charge < -0.3 is 4.74 Å². The number of unbranched alkanes of at least 4 members (excludes halogenated alkanes) is 4. The van der Waals surface area contributed by atoms with E-state index < -0.39 is 0 Å². The number of ether oxygens (including phenoxy) is 1. The molecule has 2 rings (SSSR count). The third-order valence-electron chi connectivity index (χ3n) is 3.62. The molecule has 1 nitrogen and oxygen atoms in total. The van der Waals surface area contributed by atoms with Crippen LogP contribution in [-0.4, -0.2) is 6.61 Å². The van der Waals surface area contributed by atoms with Gasteiger partial charge in [-0.15, -0.1) is 11.3 Å². The van der Waals surface area contributed by atoms with Crippen LogP contribution in [0.2, 0.25) is 0 Å². The summed E-state index contributed by atoms with van der Waals surface area (Å²) >= 11 is 1.91. The number of benzene rings is 1. The zero-order valence-corrected chi connectivity index (χ0v) is 13.6. The number of aryl methyl sites for hydroxylation is 1. The Labute approximate surface area is 127 Å². The molecule has 0 saturated heterocycles. The summed E-state index contributed by atoms with van der Waals surface area (Å²) in [4.78, 5) is 1.44. The van der Waals surface area contributed by atoms with Gasteiger partial charge in [0.05, 0.1) is 6.61 Å². The highest BCUT2D eigenvalue weighted by atomic mass is 32.1. The van der Waals surface area contributed by atoms with Crippen LogP contribution in [0.25, 0.3) is 10.1 Å². The van der Waals surface area contributed by atoms with Crippen LogP contribution < -0.4 is 4.74 Å². The SMILES string of the molecule is CCCCCOc1c(CCCCC)sc2ccccc12. The van der Waals surface area contributed by atoms with Crippen molar-refractivity contribution in [2.75, 3.05) is 6.61 Å². The van der Waals surface area contributed by atoms with Crippen molar-refractivity contribution >= 4 is 21.4 Å². The van der Waals surface area contributed by atoms with Crippen LogP contribution >= 0.6 is 11.3 Å². The molecule has 20 heavy (non-hydrogen) atoms. The van der Waals surface area contributed by atoms with Gasteiger partial charge in [0.15, 0.2) is 0 Å². The van der Waals surface area contributed by atoms with Gasteiger partial charge in [-0.25, -0.2) is 0 Å². The Morgan fingerprint density at radius 1 is 0.950 bits per heavy atom. The van der Waals surface area contributed by atoms with E-state index in [9.17, 15) is 0 Å². The molecule has 0 amide bonds. The molecule has 2 heteroatoms. The average molecular weight is 290 g/mol. The summed E-state index contributed by atoms with van der Waals surface area (Å²) in [6.07, 6.45) is 8.69. The lowest BCUT2D eigenvalue weighted by molar-refractivity contribution is 0.308. The minimum atomic E-state index is 0.856. The fraction of sp³-hybridized carbons (Fsp3) is 0.556. The van der Waals surface area contributed by atoms with Crippen molar-refractivity contribution in [3.05, 3.63) is 29.1 Å². The first kappa shape index (κ1) is 15.4. The minimum Gasteiger partial charge on any atom is -0.492 e. The largest absolute Gasteiger partial charge is 0.492 e. The molecule has 0 N–H and O–H groups in total. The summed E-state index contributed by atoms with van der Waals surface area (Å²) < 4.78 is 7.50. The maximum Gasteiger partial charge on any atom is 0.141 e. The topological polar surface area (TPSA) is 9.23 Å². The van der Waals surface area contributed by atoms with E-state index in [0.717, 1.165) is 25.2 Å². The zero-order valence-electron chi connectivity index (χ0n) is 12.8. The molecule has 0 unspecified atom stereocenters. The van der Waals surface area contributed by atoms with Crippen molar-refractivity contribution in [3.63, 3.8) is 0 Å². The molecule has 110 valence electrons. The third-order valence-corrected chi connectivity index (χ3v) is 4.83. The molecular weight excluding hydrogens is 264 g/mol. The summed E-state index contributed by atoms with van der Waals surface area (Å²) in [6.45, 7) is 5.35. The van der Waals surface area contributed by atoms with Crippen molar-refractivity contribution in [2.24, 2.45) is 0 Å². The van der Waals surface area contributed by atoms with Crippen LogP contribution in [0, 0.1) is 0 Å². The Morgan fingerprint density at radius 3 is 2.50 bits per heavy atom. The standard InChI is InChI=1S/C18H26OS/c1-3-5-7-13-17-18(19-14-10-6-4-2)15-11-8-9-12-16(15)20-17/h8-9,11-12H,3-7,10,13-14H2,1-2H3. The Kier molecular flexibility index (Phi) is 6.38. The highest BCUT2D eigenvalue weighted by molar-refractivity contribution is 7.19. The second-order valence-corrected chi connectivity index (χ2v) is 6.50. The Balaban J connectivity index is 2.11. The molecule has 0 aliphatic rings. The van der Waals surface area contributed by atoms with E-state index in [2.05, 4.69) is 38.1 Å². The van der Waals surface area contributed by atoms with Gasteiger partial charge in [0.2, 0.25) is 0 Å². The molecule has 0 atom stereocenters. The van der Waals surface area contributed by atoms with Crippen LogP contribution in [-0.2, 0) is 6.42 Å². The molecule has 0 spiro atoms. The number of hydrogen-bond acceptors (Lipinski definition) is 2. The van der Waals surface area contributed by atoms with E-state index in [1.807, 2.05) is 11.3 Å². The molecule has 0 aliphatic heterocycles. The second kappa shape index (κ2) is 8.31. The molecular formula is C18H26OS. The fourth-order valence-corrected chi connectivity index (χ4v) is 3.65. The molecule has 0 bridgehead atoms. The monoisotopic (exact) mass is 290 g/mol. The number of rotatable bonds is 9. The van der Waals surface area contributed by atoms with Gasteiger partial charge in [-0.05, 0) is 31.4 Å². The first-order valence-electron chi connectivity index (χ1n) is 8.00. The molecule has 2 aromatic rings.